The monoisotopic (exact) mass is 454 g/mol. The Balaban J connectivity index is 1.55. The van der Waals surface area contributed by atoms with Crippen LogP contribution in [-0.4, -0.2) is 46.4 Å². The van der Waals surface area contributed by atoms with Gasteiger partial charge in [0.05, 0.1) is 32.4 Å². The maximum Gasteiger partial charge on any atom is 0.224 e. The second-order valence-electron chi connectivity index (χ2n) is 7.15. The molecule has 0 unspecified atom stereocenters. The molecule has 0 fully saturated rings. The maximum absolute atomic E-state index is 12.4. The van der Waals surface area contributed by atoms with Crippen LogP contribution in [-0.2, 0) is 18.3 Å². The molecule has 2 aromatic carbocycles. The van der Waals surface area contributed by atoms with Gasteiger partial charge in [0.2, 0.25) is 5.91 Å². The molecule has 32 heavy (non-hydrogen) atoms. The normalized spacial score (nSPS) is 11.6. The summed E-state index contributed by atoms with van der Waals surface area (Å²) in [5.41, 5.74) is 1.50. The Hall–Kier alpha value is -3.33. The number of nitrogens with zero attached hydrogens (tertiary/aromatic N) is 3. The highest BCUT2D eigenvalue weighted by molar-refractivity contribution is 7.99. The Bertz CT molecular complexity index is 1060. The van der Waals surface area contributed by atoms with Gasteiger partial charge in [-0.25, -0.2) is 0 Å². The van der Waals surface area contributed by atoms with Crippen LogP contribution in [0.4, 0.5) is 0 Å². The van der Waals surface area contributed by atoms with E-state index in [1.165, 1.54) is 11.8 Å². The van der Waals surface area contributed by atoms with Crippen LogP contribution in [0.25, 0.3) is 0 Å². The zero-order valence-electron chi connectivity index (χ0n) is 18.5. The number of aromatic nitrogens is 3. The summed E-state index contributed by atoms with van der Waals surface area (Å²) in [4.78, 5) is 24.9. The lowest BCUT2D eigenvalue weighted by Crippen LogP contribution is -2.29. The van der Waals surface area contributed by atoms with Crippen LogP contribution in [0.2, 0.25) is 0 Å². The average molecular weight is 455 g/mol. The van der Waals surface area contributed by atoms with Crippen molar-refractivity contribution in [1.82, 2.24) is 20.1 Å². The number of hydrogen-bond acceptors (Lipinski definition) is 7. The van der Waals surface area contributed by atoms with Crippen LogP contribution in [0.3, 0.4) is 0 Å². The van der Waals surface area contributed by atoms with E-state index in [1.54, 1.807) is 43.1 Å². The molecule has 8 nitrogen and oxygen atoms in total. The number of carbonyl (C=O) groups is 2. The van der Waals surface area contributed by atoms with Crippen molar-refractivity contribution in [1.29, 1.82) is 0 Å². The summed E-state index contributed by atoms with van der Waals surface area (Å²) in [5, 5.41) is 11.9. The molecule has 3 aromatic rings. The molecule has 0 bridgehead atoms. The van der Waals surface area contributed by atoms with Crippen molar-refractivity contribution in [3.05, 3.63) is 65.5 Å². The van der Waals surface area contributed by atoms with E-state index in [9.17, 15) is 9.59 Å². The summed E-state index contributed by atoms with van der Waals surface area (Å²) in [5.74, 6) is 2.17. The Labute approximate surface area is 191 Å². The second kappa shape index (κ2) is 10.8. The predicted molar refractivity (Wildman–Crippen MR) is 122 cm³/mol. The first-order chi connectivity index (χ1) is 15.4. The lowest BCUT2D eigenvalue weighted by molar-refractivity contribution is -0.121. The van der Waals surface area contributed by atoms with Gasteiger partial charge in [-0.1, -0.05) is 23.9 Å². The molecule has 0 saturated heterocycles. The second-order valence-corrected chi connectivity index (χ2v) is 8.10. The molecule has 9 heteroatoms. The predicted octanol–water partition coefficient (Wildman–Crippen LogP) is 3.23. The number of nitrogens with one attached hydrogen (secondary N) is 1. The molecule has 1 aromatic heterocycles. The van der Waals surface area contributed by atoms with Crippen LogP contribution in [0.15, 0.2) is 53.7 Å². The fraction of sp³-hybridized carbons (Fsp3) is 0.304. The first-order valence-electron chi connectivity index (χ1n) is 10.0. The third-order valence-corrected chi connectivity index (χ3v) is 5.92. The van der Waals surface area contributed by atoms with Crippen molar-refractivity contribution >= 4 is 23.5 Å². The number of hydrogen-bond donors (Lipinski definition) is 1. The molecule has 0 aliphatic heterocycles. The topological polar surface area (TPSA) is 95.3 Å². The third-order valence-electron chi connectivity index (χ3n) is 4.90. The first-order valence-corrected chi connectivity index (χ1v) is 11.0. The van der Waals surface area contributed by atoms with Crippen LogP contribution in [0.5, 0.6) is 11.5 Å². The Morgan fingerprint density at radius 2 is 1.59 bits per heavy atom. The third kappa shape index (κ3) is 5.88. The number of rotatable bonds is 10. The van der Waals surface area contributed by atoms with E-state index < -0.39 is 0 Å². The summed E-state index contributed by atoms with van der Waals surface area (Å²) in [6.45, 7) is 1.85. The van der Waals surface area contributed by atoms with E-state index in [0.29, 0.717) is 22.3 Å². The maximum atomic E-state index is 12.4. The zero-order chi connectivity index (χ0) is 23.1. The van der Waals surface area contributed by atoms with Crippen LogP contribution < -0.4 is 14.8 Å². The van der Waals surface area contributed by atoms with Crippen molar-refractivity contribution in [2.24, 2.45) is 7.05 Å². The van der Waals surface area contributed by atoms with Gasteiger partial charge in [-0.15, -0.1) is 10.2 Å². The Morgan fingerprint density at radius 3 is 2.19 bits per heavy atom. The molecule has 0 aliphatic rings. The molecule has 1 amide bonds. The van der Waals surface area contributed by atoms with E-state index in [0.717, 1.165) is 11.3 Å². The smallest absolute Gasteiger partial charge is 0.224 e. The molecule has 3 rings (SSSR count). The van der Waals surface area contributed by atoms with Crippen LogP contribution in [0.1, 0.15) is 34.7 Å². The van der Waals surface area contributed by atoms with Gasteiger partial charge >= 0.3 is 0 Å². The van der Waals surface area contributed by atoms with E-state index >= 15 is 0 Å². The summed E-state index contributed by atoms with van der Waals surface area (Å²) in [6.07, 6.45) is 0.254. The molecule has 1 atom stereocenters. The minimum absolute atomic E-state index is 0.0111. The average Bonchev–Trinajstić information content (AvgIpc) is 3.18. The molecule has 168 valence electrons. The number of carbonyl (C=O) groups excluding carboxylic acids is 2. The lowest BCUT2D eigenvalue weighted by Gasteiger charge is -2.14. The SMILES string of the molecule is COc1ccc(CC(=O)N[C@H](C)c2nnc(SCC(=O)c3ccc(OC)cc3)n2C)cc1. The number of amides is 1. The number of benzene rings is 2. The zero-order valence-corrected chi connectivity index (χ0v) is 19.3. The minimum Gasteiger partial charge on any atom is -0.497 e. The van der Waals surface area contributed by atoms with Crippen molar-refractivity contribution in [2.75, 3.05) is 20.0 Å². The van der Waals surface area contributed by atoms with E-state index in [1.807, 2.05) is 38.2 Å². The van der Waals surface area contributed by atoms with E-state index in [-0.39, 0.29) is 29.9 Å². The first kappa shape index (κ1) is 23.3. The van der Waals surface area contributed by atoms with Crippen molar-refractivity contribution in [2.45, 2.75) is 24.5 Å². The molecular formula is C23H26N4O4S. The number of thioether (sulfide) groups is 1. The fourth-order valence-electron chi connectivity index (χ4n) is 3.11. The molecule has 0 radical (unpaired) electrons. The summed E-state index contributed by atoms with van der Waals surface area (Å²) >= 11 is 1.31. The Morgan fingerprint density at radius 1 is 1.00 bits per heavy atom. The fourth-order valence-corrected chi connectivity index (χ4v) is 3.92. The van der Waals surface area contributed by atoms with Gasteiger partial charge in [0.15, 0.2) is 16.8 Å². The highest BCUT2D eigenvalue weighted by atomic mass is 32.2. The van der Waals surface area contributed by atoms with Gasteiger partial charge in [-0.2, -0.15) is 0 Å². The minimum atomic E-state index is -0.329. The van der Waals surface area contributed by atoms with Crippen molar-refractivity contribution in [3.63, 3.8) is 0 Å². The molecule has 0 aliphatic carbocycles. The largest absolute Gasteiger partial charge is 0.497 e. The molecule has 1 N–H and O–H groups in total. The quantitative estimate of drug-likeness (QED) is 0.371. The number of ether oxygens (including phenoxy) is 2. The number of Topliss-reactive ketones (excluding diaryl/α,β-unsaturated/α-hetero) is 1. The van der Waals surface area contributed by atoms with Gasteiger partial charge in [0, 0.05) is 12.6 Å². The van der Waals surface area contributed by atoms with E-state index in [2.05, 4.69) is 15.5 Å². The highest BCUT2D eigenvalue weighted by Crippen LogP contribution is 2.21. The summed E-state index contributed by atoms with van der Waals surface area (Å²) in [6, 6.07) is 14.0. The highest BCUT2D eigenvalue weighted by Gasteiger charge is 2.19. The van der Waals surface area contributed by atoms with Gasteiger partial charge in [0.25, 0.3) is 0 Å². The van der Waals surface area contributed by atoms with Gasteiger partial charge in [-0.3, -0.25) is 9.59 Å². The standard InChI is InChI=1S/C23H26N4O4S/c1-15(24-21(29)13-16-5-9-18(30-3)10-6-16)22-25-26-23(27(22)2)32-14-20(28)17-7-11-19(31-4)12-8-17/h5-12,15H,13-14H2,1-4H3,(H,24,29)/t15-/m1/s1. The van der Waals surface area contributed by atoms with Gasteiger partial charge in [0.1, 0.15) is 11.5 Å². The number of ketones is 1. The molecule has 1 heterocycles. The van der Waals surface area contributed by atoms with Gasteiger partial charge in [-0.05, 0) is 48.9 Å². The van der Waals surface area contributed by atoms with Gasteiger partial charge < -0.3 is 19.4 Å². The van der Waals surface area contributed by atoms with Crippen molar-refractivity contribution in [3.8, 4) is 11.5 Å². The Kier molecular flexibility index (Phi) is 7.88. The summed E-state index contributed by atoms with van der Waals surface area (Å²) < 4.78 is 12.0. The van der Waals surface area contributed by atoms with E-state index in [4.69, 9.17) is 9.47 Å². The molecule has 0 spiro atoms. The van der Waals surface area contributed by atoms with Crippen molar-refractivity contribution < 1.29 is 19.1 Å². The summed E-state index contributed by atoms with van der Waals surface area (Å²) in [7, 11) is 5.01. The molecule has 0 saturated carbocycles. The number of methoxy groups -OCH3 is 2. The van der Waals surface area contributed by atoms with Crippen LogP contribution >= 0.6 is 11.8 Å². The van der Waals surface area contributed by atoms with Crippen LogP contribution in [0, 0.1) is 0 Å². The lowest BCUT2D eigenvalue weighted by atomic mass is 10.1. The molecular weight excluding hydrogens is 428 g/mol.